The largest absolute Gasteiger partial charge is 0.496 e. The Morgan fingerprint density at radius 3 is 2.31 bits per heavy atom. The van der Waals surface area contributed by atoms with E-state index in [1.165, 1.54) is 6.08 Å². The number of amides is 4. The van der Waals surface area contributed by atoms with Crippen molar-refractivity contribution in [2.24, 2.45) is 0 Å². The maximum atomic E-state index is 13.0. The van der Waals surface area contributed by atoms with Crippen molar-refractivity contribution in [3.05, 3.63) is 76.3 Å². The molecule has 0 radical (unpaired) electrons. The molecular weight excluding hydrogens is 436 g/mol. The summed E-state index contributed by atoms with van der Waals surface area (Å²) in [5.74, 6) is -0.719. The molecule has 0 aliphatic carbocycles. The molecule has 1 saturated heterocycles. The highest BCUT2D eigenvalue weighted by Crippen LogP contribution is 2.30. The molecule has 3 aromatic rings. The van der Waals surface area contributed by atoms with Crippen LogP contribution in [0.4, 0.5) is 10.5 Å². The number of ether oxygens (including phenoxy) is 1. The van der Waals surface area contributed by atoms with Gasteiger partial charge in [-0.05, 0) is 47.4 Å². The number of nitrogens with one attached hydrogen (secondary N) is 1. The molecule has 1 fully saturated rings. The second-order valence-electron chi connectivity index (χ2n) is 6.34. The van der Waals surface area contributed by atoms with Crippen LogP contribution in [0.5, 0.6) is 5.75 Å². The smallest absolute Gasteiger partial charge is 0.335 e. The van der Waals surface area contributed by atoms with E-state index >= 15 is 0 Å². The topological polar surface area (TPSA) is 75.7 Å². The van der Waals surface area contributed by atoms with Crippen LogP contribution in [-0.4, -0.2) is 25.0 Å². The van der Waals surface area contributed by atoms with Crippen LogP contribution < -0.4 is 15.0 Å². The number of urea groups is 1. The molecule has 1 N–H and O–H groups in total. The molecule has 6 nitrogen and oxygen atoms in total. The number of carbonyl (C=O) groups is 3. The first-order chi connectivity index (χ1) is 14.0. The Kier molecular flexibility index (Phi) is 4.90. The summed E-state index contributed by atoms with van der Waals surface area (Å²) in [4.78, 5) is 38.7. The maximum absolute atomic E-state index is 13.0. The number of barbiturate groups is 1. The van der Waals surface area contributed by atoms with E-state index in [9.17, 15) is 14.4 Å². The molecule has 7 heteroatoms. The average Bonchev–Trinajstić information content (AvgIpc) is 2.72. The van der Waals surface area contributed by atoms with Crippen LogP contribution in [0, 0.1) is 0 Å². The Bertz CT molecular complexity index is 1190. The summed E-state index contributed by atoms with van der Waals surface area (Å²) < 4.78 is 6.20. The fraction of sp³-hybridized carbons (Fsp3) is 0.0455. The van der Waals surface area contributed by atoms with Gasteiger partial charge in [0, 0.05) is 9.86 Å². The van der Waals surface area contributed by atoms with Gasteiger partial charge in [0.1, 0.15) is 11.3 Å². The van der Waals surface area contributed by atoms with Gasteiger partial charge < -0.3 is 4.74 Å². The van der Waals surface area contributed by atoms with Crippen LogP contribution in [0.15, 0.2) is 70.7 Å². The summed E-state index contributed by atoms with van der Waals surface area (Å²) >= 11 is 3.32. The summed E-state index contributed by atoms with van der Waals surface area (Å²) in [5, 5.41) is 3.92. The van der Waals surface area contributed by atoms with Gasteiger partial charge in [-0.15, -0.1) is 0 Å². The Labute approximate surface area is 174 Å². The van der Waals surface area contributed by atoms with E-state index in [4.69, 9.17) is 4.74 Å². The minimum absolute atomic E-state index is 0.122. The molecule has 0 aromatic heterocycles. The van der Waals surface area contributed by atoms with E-state index in [1.54, 1.807) is 43.5 Å². The molecule has 0 bridgehead atoms. The number of methoxy groups -OCH3 is 1. The molecule has 4 rings (SSSR count). The Morgan fingerprint density at radius 1 is 0.931 bits per heavy atom. The van der Waals surface area contributed by atoms with Crippen molar-refractivity contribution in [2.75, 3.05) is 12.0 Å². The lowest BCUT2D eigenvalue weighted by molar-refractivity contribution is -0.122. The summed E-state index contributed by atoms with van der Waals surface area (Å²) in [6.07, 6.45) is 1.50. The number of carbonyl (C=O) groups excluding carboxylic acids is 3. The summed E-state index contributed by atoms with van der Waals surface area (Å²) in [6.45, 7) is 0. The zero-order valence-corrected chi connectivity index (χ0v) is 16.9. The van der Waals surface area contributed by atoms with Crippen molar-refractivity contribution in [1.82, 2.24) is 5.32 Å². The fourth-order valence-corrected chi connectivity index (χ4v) is 3.50. The van der Waals surface area contributed by atoms with E-state index in [1.807, 2.05) is 24.3 Å². The maximum Gasteiger partial charge on any atom is 0.335 e. The van der Waals surface area contributed by atoms with Crippen molar-refractivity contribution in [3.8, 4) is 5.75 Å². The van der Waals surface area contributed by atoms with Gasteiger partial charge in [0.2, 0.25) is 0 Å². The minimum Gasteiger partial charge on any atom is -0.496 e. The molecular formula is C22H15BrN2O4. The normalized spacial score (nSPS) is 15.7. The standard InChI is InChI=1S/C22H15BrN2O4/c1-29-19-11-6-13(16-4-2-3-5-17(16)19)12-18-20(26)24-22(28)25(21(18)27)15-9-7-14(23)8-10-15/h2-12H,1H3,(H,24,26,28)/b18-12+. The lowest BCUT2D eigenvalue weighted by atomic mass is 10.00. The van der Waals surface area contributed by atoms with Gasteiger partial charge in [0.15, 0.2) is 0 Å². The third-order valence-electron chi connectivity index (χ3n) is 4.62. The fourth-order valence-electron chi connectivity index (χ4n) is 3.24. The van der Waals surface area contributed by atoms with E-state index < -0.39 is 17.8 Å². The first-order valence-electron chi connectivity index (χ1n) is 8.72. The highest BCUT2D eigenvalue weighted by Gasteiger charge is 2.36. The summed E-state index contributed by atoms with van der Waals surface area (Å²) in [7, 11) is 1.58. The molecule has 3 aromatic carbocycles. The molecule has 0 spiro atoms. The van der Waals surface area contributed by atoms with Crippen LogP contribution in [0.1, 0.15) is 5.56 Å². The van der Waals surface area contributed by atoms with Crippen LogP contribution in [0.2, 0.25) is 0 Å². The van der Waals surface area contributed by atoms with Gasteiger partial charge in [-0.3, -0.25) is 14.9 Å². The highest BCUT2D eigenvalue weighted by molar-refractivity contribution is 9.10. The second-order valence-corrected chi connectivity index (χ2v) is 7.25. The van der Waals surface area contributed by atoms with E-state index in [0.717, 1.165) is 20.1 Å². The average molecular weight is 451 g/mol. The molecule has 0 atom stereocenters. The van der Waals surface area contributed by atoms with Crippen LogP contribution in [-0.2, 0) is 9.59 Å². The number of anilines is 1. The van der Waals surface area contributed by atoms with Crippen LogP contribution in [0.3, 0.4) is 0 Å². The number of nitrogens with zero attached hydrogens (tertiary/aromatic N) is 1. The Morgan fingerprint density at radius 2 is 1.62 bits per heavy atom. The highest BCUT2D eigenvalue weighted by atomic mass is 79.9. The number of halogens is 1. The first kappa shape index (κ1) is 18.9. The molecule has 0 saturated carbocycles. The Balaban J connectivity index is 1.82. The zero-order chi connectivity index (χ0) is 20.5. The Hall–Kier alpha value is -3.45. The van der Waals surface area contributed by atoms with Crippen molar-refractivity contribution >= 4 is 56.3 Å². The van der Waals surface area contributed by atoms with Crippen LogP contribution >= 0.6 is 15.9 Å². The molecule has 0 unspecified atom stereocenters. The molecule has 4 amide bonds. The van der Waals surface area contributed by atoms with E-state index in [2.05, 4.69) is 21.2 Å². The van der Waals surface area contributed by atoms with Crippen molar-refractivity contribution < 1.29 is 19.1 Å². The number of fused-ring (bicyclic) bond motifs is 1. The van der Waals surface area contributed by atoms with Crippen molar-refractivity contribution in [2.45, 2.75) is 0 Å². The van der Waals surface area contributed by atoms with E-state index in [-0.39, 0.29) is 5.57 Å². The molecule has 1 aliphatic heterocycles. The number of hydrogen-bond donors (Lipinski definition) is 1. The third kappa shape index (κ3) is 3.40. The quantitative estimate of drug-likeness (QED) is 0.477. The summed E-state index contributed by atoms with van der Waals surface area (Å²) in [5.41, 5.74) is 0.918. The molecule has 29 heavy (non-hydrogen) atoms. The lowest BCUT2D eigenvalue weighted by Gasteiger charge is -2.26. The van der Waals surface area contributed by atoms with Crippen molar-refractivity contribution in [3.63, 3.8) is 0 Å². The number of rotatable bonds is 3. The number of imide groups is 2. The van der Waals surface area contributed by atoms with Gasteiger partial charge in [0.05, 0.1) is 12.8 Å². The summed E-state index contributed by atoms with van der Waals surface area (Å²) in [6, 6.07) is 17.0. The van der Waals surface area contributed by atoms with Gasteiger partial charge >= 0.3 is 6.03 Å². The first-order valence-corrected chi connectivity index (χ1v) is 9.51. The number of hydrogen-bond acceptors (Lipinski definition) is 4. The molecule has 1 aliphatic rings. The minimum atomic E-state index is -0.779. The zero-order valence-electron chi connectivity index (χ0n) is 15.3. The van der Waals surface area contributed by atoms with Crippen molar-refractivity contribution in [1.29, 1.82) is 0 Å². The SMILES string of the molecule is COc1ccc(/C=C2\C(=O)NC(=O)N(c3ccc(Br)cc3)C2=O)c2ccccc12. The number of benzene rings is 3. The molecule has 1 heterocycles. The lowest BCUT2D eigenvalue weighted by Crippen LogP contribution is -2.54. The van der Waals surface area contributed by atoms with Crippen LogP contribution in [0.25, 0.3) is 16.8 Å². The van der Waals surface area contributed by atoms with Gasteiger partial charge in [0.25, 0.3) is 11.8 Å². The van der Waals surface area contributed by atoms with Gasteiger partial charge in [-0.25, -0.2) is 9.69 Å². The second kappa shape index (κ2) is 7.52. The van der Waals surface area contributed by atoms with Gasteiger partial charge in [-0.2, -0.15) is 0 Å². The van der Waals surface area contributed by atoms with Gasteiger partial charge in [-0.1, -0.05) is 46.3 Å². The predicted molar refractivity (Wildman–Crippen MR) is 114 cm³/mol. The predicted octanol–water partition coefficient (Wildman–Crippen LogP) is 4.28. The monoisotopic (exact) mass is 450 g/mol. The molecule has 144 valence electrons. The third-order valence-corrected chi connectivity index (χ3v) is 5.15. The van der Waals surface area contributed by atoms with E-state index in [0.29, 0.717) is 17.0 Å².